The third kappa shape index (κ3) is 4.97. The topological polar surface area (TPSA) is 15.3 Å². The first kappa shape index (κ1) is 15.0. The molecule has 0 aromatic carbocycles. The molecule has 2 heteroatoms. The molecule has 0 aliphatic heterocycles. The van der Waals surface area contributed by atoms with Crippen molar-refractivity contribution in [3.63, 3.8) is 0 Å². The molecule has 1 fully saturated rings. The van der Waals surface area contributed by atoms with Gasteiger partial charge in [-0.2, -0.15) is 0 Å². The lowest BCUT2D eigenvalue weighted by Gasteiger charge is -2.34. The summed E-state index contributed by atoms with van der Waals surface area (Å²) >= 11 is 0. The Morgan fingerprint density at radius 3 is 2.59 bits per heavy atom. The number of rotatable bonds is 6. The number of nitrogens with zero attached hydrogens (tertiary/aromatic N) is 1. The van der Waals surface area contributed by atoms with E-state index < -0.39 is 0 Å². The fraction of sp³-hybridized carbons (Fsp3) is 1.00. The monoisotopic (exact) mass is 240 g/mol. The number of likely N-dealkylation sites (N-methyl/N-ethyl adjacent to an activating group) is 1. The van der Waals surface area contributed by atoms with E-state index in [1.54, 1.807) is 0 Å². The molecule has 0 heterocycles. The molecule has 1 N–H and O–H groups in total. The maximum Gasteiger partial charge on any atom is 0.0107 e. The first-order valence-electron chi connectivity index (χ1n) is 7.48. The lowest BCUT2D eigenvalue weighted by atomic mass is 9.80. The highest BCUT2D eigenvalue weighted by Crippen LogP contribution is 2.28. The molecule has 0 aromatic heterocycles. The Morgan fingerprint density at radius 2 is 2.00 bits per heavy atom. The van der Waals surface area contributed by atoms with Crippen molar-refractivity contribution in [2.24, 2.45) is 11.8 Å². The van der Waals surface area contributed by atoms with Crippen LogP contribution in [0.5, 0.6) is 0 Å². The van der Waals surface area contributed by atoms with Gasteiger partial charge in [0.15, 0.2) is 0 Å². The molecule has 1 rings (SSSR count). The largest absolute Gasteiger partial charge is 0.312 e. The van der Waals surface area contributed by atoms with E-state index in [4.69, 9.17) is 0 Å². The van der Waals surface area contributed by atoms with E-state index in [2.05, 4.69) is 45.0 Å². The minimum absolute atomic E-state index is 0.709. The van der Waals surface area contributed by atoms with Crippen molar-refractivity contribution < 1.29 is 0 Å². The molecule has 0 saturated heterocycles. The average molecular weight is 240 g/mol. The van der Waals surface area contributed by atoms with Crippen LogP contribution in [0.2, 0.25) is 0 Å². The van der Waals surface area contributed by atoms with Gasteiger partial charge in [-0.3, -0.25) is 0 Å². The van der Waals surface area contributed by atoms with Gasteiger partial charge < -0.3 is 10.2 Å². The molecule has 1 aliphatic rings. The van der Waals surface area contributed by atoms with Gasteiger partial charge in [0.05, 0.1) is 0 Å². The van der Waals surface area contributed by atoms with Gasteiger partial charge >= 0.3 is 0 Å². The molecule has 102 valence electrons. The summed E-state index contributed by atoms with van der Waals surface area (Å²) in [7, 11) is 2.24. The molecule has 1 aliphatic carbocycles. The minimum atomic E-state index is 0.709. The lowest BCUT2D eigenvalue weighted by molar-refractivity contribution is 0.207. The molecular formula is C15H32N2. The quantitative estimate of drug-likeness (QED) is 0.767. The van der Waals surface area contributed by atoms with Crippen molar-refractivity contribution in [3.05, 3.63) is 0 Å². The molecule has 0 aromatic rings. The van der Waals surface area contributed by atoms with E-state index in [1.807, 2.05) is 0 Å². The number of hydrogen-bond acceptors (Lipinski definition) is 2. The molecule has 0 spiro atoms. The Labute approximate surface area is 108 Å². The first-order valence-corrected chi connectivity index (χ1v) is 7.48. The predicted octanol–water partition coefficient (Wildman–Crippen LogP) is 3.13. The molecule has 1 saturated carbocycles. The van der Waals surface area contributed by atoms with Crippen molar-refractivity contribution in [1.82, 2.24) is 10.2 Å². The van der Waals surface area contributed by atoms with Gasteiger partial charge in [-0.1, -0.05) is 20.8 Å². The maximum absolute atomic E-state index is 3.76. The molecule has 0 radical (unpaired) electrons. The standard InChI is InChI=1S/C15H32N2/c1-6-14(4)17(5)10-9-16-15-8-7-12(2)11-13(15)3/h12-16H,6-11H2,1-5H3. The summed E-state index contributed by atoms with van der Waals surface area (Å²) in [5.41, 5.74) is 0. The second-order valence-electron chi connectivity index (χ2n) is 6.19. The van der Waals surface area contributed by atoms with Crippen LogP contribution in [0.15, 0.2) is 0 Å². The zero-order chi connectivity index (χ0) is 12.8. The summed E-state index contributed by atoms with van der Waals surface area (Å²) in [6, 6.07) is 1.47. The Morgan fingerprint density at radius 1 is 1.29 bits per heavy atom. The van der Waals surface area contributed by atoms with Gasteiger partial charge in [0, 0.05) is 25.2 Å². The molecule has 2 nitrogen and oxygen atoms in total. The van der Waals surface area contributed by atoms with Crippen molar-refractivity contribution >= 4 is 0 Å². The molecule has 17 heavy (non-hydrogen) atoms. The fourth-order valence-electron chi connectivity index (χ4n) is 2.93. The van der Waals surface area contributed by atoms with Gasteiger partial charge in [-0.15, -0.1) is 0 Å². The zero-order valence-corrected chi connectivity index (χ0v) is 12.5. The molecule has 0 bridgehead atoms. The van der Waals surface area contributed by atoms with Crippen molar-refractivity contribution in [3.8, 4) is 0 Å². The highest BCUT2D eigenvalue weighted by molar-refractivity contribution is 4.81. The van der Waals surface area contributed by atoms with Crippen LogP contribution in [-0.2, 0) is 0 Å². The Bertz CT molecular complexity index is 205. The van der Waals surface area contributed by atoms with E-state index in [0.29, 0.717) is 6.04 Å². The van der Waals surface area contributed by atoms with Gasteiger partial charge in [0.2, 0.25) is 0 Å². The summed E-state index contributed by atoms with van der Waals surface area (Å²) < 4.78 is 0. The van der Waals surface area contributed by atoms with E-state index in [1.165, 1.54) is 32.2 Å². The maximum atomic E-state index is 3.76. The molecule has 0 amide bonds. The van der Waals surface area contributed by atoms with Crippen LogP contribution in [0.1, 0.15) is 53.4 Å². The molecule has 4 atom stereocenters. The smallest absolute Gasteiger partial charge is 0.0107 e. The average Bonchev–Trinajstić information content (AvgIpc) is 2.30. The Hall–Kier alpha value is -0.0800. The number of nitrogens with one attached hydrogen (secondary N) is 1. The van der Waals surface area contributed by atoms with E-state index in [-0.39, 0.29) is 0 Å². The second kappa shape index (κ2) is 7.38. The second-order valence-corrected chi connectivity index (χ2v) is 6.19. The van der Waals surface area contributed by atoms with Crippen LogP contribution >= 0.6 is 0 Å². The van der Waals surface area contributed by atoms with E-state index in [9.17, 15) is 0 Å². The van der Waals surface area contributed by atoms with Gasteiger partial charge in [0.25, 0.3) is 0 Å². The van der Waals surface area contributed by atoms with Crippen molar-refractivity contribution in [2.75, 3.05) is 20.1 Å². The minimum Gasteiger partial charge on any atom is -0.312 e. The van der Waals surface area contributed by atoms with Crippen LogP contribution in [0.4, 0.5) is 0 Å². The van der Waals surface area contributed by atoms with Crippen LogP contribution in [-0.4, -0.2) is 37.1 Å². The SMILES string of the molecule is CCC(C)N(C)CCNC1CCC(C)CC1C. The van der Waals surface area contributed by atoms with Crippen LogP contribution in [0.3, 0.4) is 0 Å². The zero-order valence-electron chi connectivity index (χ0n) is 12.5. The van der Waals surface area contributed by atoms with Crippen LogP contribution < -0.4 is 5.32 Å². The normalized spacial score (nSPS) is 31.8. The Balaban J connectivity index is 2.18. The van der Waals surface area contributed by atoms with Crippen molar-refractivity contribution in [2.45, 2.75) is 65.5 Å². The van der Waals surface area contributed by atoms with Crippen molar-refractivity contribution in [1.29, 1.82) is 0 Å². The molecular weight excluding hydrogens is 208 g/mol. The van der Waals surface area contributed by atoms with E-state index in [0.717, 1.165) is 24.4 Å². The summed E-state index contributed by atoms with van der Waals surface area (Å²) in [6.07, 6.45) is 5.42. The van der Waals surface area contributed by atoms with Gasteiger partial charge in [0.1, 0.15) is 0 Å². The third-order valence-corrected chi connectivity index (χ3v) is 4.65. The fourth-order valence-corrected chi connectivity index (χ4v) is 2.93. The first-order chi connectivity index (χ1) is 8.04. The lowest BCUT2D eigenvalue weighted by Crippen LogP contribution is -2.43. The van der Waals surface area contributed by atoms with Crippen LogP contribution in [0, 0.1) is 11.8 Å². The summed E-state index contributed by atoms with van der Waals surface area (Å²) in [5.74, 6) is 1.79. The summed E-state index contributed by atoms with van der Waals surface area (Å²) in [4.78, 5) is 2.46. The van der Waals surface area contributed by atoms with Gasteiger partial charge in [-0.05, 0) is 51.5 Å². The summed E-state index contributed by atoms with van der Waals surface area (Å²) in [5, 5.41) is 3.76. The Kier molecular flexibility index (Phi) is 6.50. The summed E-state index contributed by atoms with van der Waals surface area (Å²) in [6.45, 7) is 11.7. The van der Waals surface area contributed by atoms with Gasteiger partial charge in [-0.25, -0.2) is 0 Å². The highest BCUT2D eigenvalue weighted by Gasteiger charge is 2.24. The van der Waals surface area contributed by atoms with E-state index >= 15 is 0 Å². The van der Waals surface area contributed by atoms with Crippen LogP contribution in [0.25, 0.3) is 0 Å². The predicted molar refractivity (Wildman–Crippen MR) is 76.4 cm³/mol. The highest BCUT2D eigenvalue weighted by atomic mass is 15.1. The molecule has 4 unspecified atom stereocenters. The number of hydrogen-bond donors (Lipinski definition) is 1. The third-order valence-electron chi connectivity index (χ3n) is 4.65.